The van der Waals surface area contributed by atoms with Gasteiger partial charge in [-0.05, 0) is 24.6 Å². The van der Waals surface area contributed by atoms with Crippen LogP contribution < -0.4 is 10.6 Å². The minimum atomic E-state index is -0.0647. The molecular formula is C18H26ClN3O3S. The largest absolute Gasteiger partial charge is 0.378 e. The summed E-state index contributed by atoms with van der Waals surface area (Å²) in [5.74, 6) is 1.94. The lowest BCUT2D eigenvalue weighted by Gasteiger charge is -2.26. The number of anilines is 1. The Kier molecular flexibility index (Phi) is 8.21. The maximum Gasteiger partial charge on any atom is 0.253 e. The standard InChI is InChI=1S/C18H25N3O3S.ClH/c1-13-2-3-14(18(23)21-5-8-25-9-6-21)10-16(13)20-17(22)11-15-12-24-7-4-19-15;/h2-3,10,15,19H,4-9,11-12H2,1H3,(H,20,22);1H. The zero-order chi connectivity index (χ0) is 17.6. The van der Waals surface area contributed by atoms with Gasteiger partial charge in [0.1, 0.15) is 0 Å². The molecule has 3 rings (SSSR count). The predicted octanol–water partition coefficient (Wildman–Crippen LogP) is 1.92. The molecule has 0 spiro atoms. The molecule has 8 heteroatoms. The molecule has 2 N–H and O–H groups in total. The summed E-state index contributed by atoms with van der Waals surface area (Å²) < 4.78 is 5.38. The number of rotatable bonds is 4. The molecule has 2 saturated heterocycles. The first kappa shape index (κ1) is 21.0. The zero-order valence-electron chi connectivity index (χ0n) is 15.0. The number of morpholine rings is 1. The van der Waals surface area contributed by atoms with E-state index in [9.17, 15) is 9.59 Å². The summed E-state index contributed by atoms with van der Waals surface area (Å²) in [7, 11) is 0. The Morgan fingerprint density at radius 1 is 1.35 bits per heavy atom. The van der Waals surface area contributed by atoms with Crippen LogP contribution in [0, 0.1) is 6.92 Å². The molecule has 1 unspecified atom stereocenters. The molecule has 1 aromatic rings. The maximum absolute atomic E-state index is 12.6. The molecule has 0 aliphatic carbocycles. The normalized spacial score (nSPS) is 20.2. The summed E-state index contributed by atoms with van der Waals surface area (Å²) in [6.45, 7) is 5.52. The molecule has 1 atom stereocenters. The highest BCUT2D eigenvalue weighted by Gasteiger charge is 2.20. The minimum absolute atomic E-state index is 0. The number of ether oxygens (including phenoxy) is 1. The van der Waals surface area contributed by atoms with Crippen molar-refractivity contribution in [2.24, 2.45) is 0 Å². The summed E-state index contributed by atoms with van der Waals surface area (Å²) >= 11 is 1.87. The van der Waals surface area contributed by atoms with Gasteiger partial charge in [-0.15, -0.1) is 12.4 Å². The van der Waals surface area contributed by atoms with Crippen LogP contribution in [0.1, 0.15) is 22.3 Å². The lowest BCUT2D eigenvalue weighted by molar-refractivity contribution is -0.117. The van der Waals surface area contributed by atoms with E-state index in [0.717, 1.165) is 36.7 Å². The molecule has 144 valence electrons. The Morgan fingerprint density at radius 3 is 2.81 bits per heavy atom. The van der Waals surface area contributed by atoms with Crippen molar-refractivity contribution in [2.75, 3.05) is 49.7 Å². The number of nitrogens with zero attached hydrogens (tertiary/aromatic N) is 1. The van der Waals surface area contributed by atoms with Gasteiger partial charge in [-0.25, -0.2) is 0 Å². The van der Waals surface area contributed by atoms with E-state index >= 15 is 0 Å². The number of thioether (sulfide) groups is 1. The highest BCUT2D eigenvalue weighted by Crippen LogP contribution is 2.20. The first-order valence-corrected chi connectivity index (χ1v) is 9.87. The number of carbonyl (C=O) groups excluding carboxylic acids is 2. The molecule has 2 aliphatic heterocycles. The summed E-state index contributed by atoms with van der Waals surface area (Å²) in [6.07, 6.45) is 0.362. The van der Waals surface area contributed by atoms with Crippen molar-refractivity contribution in [3.05, 3.63) is 29.3 Å². The van der Waals surface area contributed by atoms with Crippen molar-refractivity contribution in [2.45, 2.75) is 19.4 Å². The number of nitrogens with one attached hydrogen (secondary N) is 2. The van der Waals surface area contributed by atoms with Crippen LogP contribution >= 0.6 is 24.2 Å². The number of hydrogen-bond acceptors (Lipinski definition) is 5. The number of hydrogen-bond donors (Lipinski definition) is 2. The molecule has 2 amide bonds. The summed E-state index contributed by atoms with van der Waals surface area (Å²) in [5, 5.41) is 6.22. The van der Waals surface area contributed by atoms with Gasteiger partial charge in [0.05, 0.1) is 13.2 Å². The average Bonchev–Trinajstić information content (AvgIpc) is 2.64. The van der Waals surface area contributed by atoms with Crippen LogP contribution in [0.5, 0.6) is 0 Å². The number of amides is 2. The summed E-state index contributed by atoms with van der Waals surface area (Å²) in [5.41, 5.74) is 2.29. The van der Waals surface area contributed by atoms with Crippen molar-refractivity contribution in [1.29, 1.82) is 0 Å². The first-order chi connectivity index (χ1) is 12.1. The molecule has 0 saturated carbocycles. The minimum Gasteiger partial charge on any atom is -0.378 e. The molecule has 6 nitrogen and oxygen atoms in total. The molecule has 2 heterocycles. The Bertz CT molecular complexity index is 632. The van der Waals surface area contributed by atoms with Gasteiger partial charge < -0.3 is 20.3 Å². The van der Waals surface area contributed by atoms with Gasteiger partial charge in [0, 0.05) is 54.9 Å². The predicted molar refractivity (Wildman–Crippen MR) is 108 cm³/mol. The van der Waals surface area contributed by atoms with Crippen molar-refractivity contribution in [1.82, 2.24) is 10.2 Å². The topological polar surface area (TPSA) is 70.7 Å². The van der Waals surface area contributed by atoms with Gasteiger partial charge in [0.15, 0.2) is 0 Å². The van der Waals surface area contributed by atoms with E-state index in [1.54, 1.807) is 6.07 Å². The van der Waals surface area contributed by atoms with Crippen molar-refractivity contribution in [3.63, 3.8) is 0 Å². The molecular weight excluding hydrogens is 374 g/mol. The number of halogens is 1. The van der Waals surface area contributed by atoms with Crippen LogP contribution in [-0.2, 0) is 9.53 Å². The number of aryl methyl sites for hydroxylation is 1. The molecule has 26 heavy (non-hydrogen) atoms. The Morgan fingerprint density at radius 2 is 2.12 bits per heavy atom. The van der Waals surface area contributed by atoms with E-state index in [4.69, 9.17) is 4.74 Å². The number of carbonyl (C=O) groups is 2. The Hall–Kier alpha value is -1.28. The highest BCUT2D eigenvalue weighted by molar-refractivity contribution is 7.99. The van der Waals surface area contributed by atoms with Gasteiger partial charge in [-0.2, -0.15) is 11.8 Å². The molecule has 0 radical (unpaired) electrons. The second kappa shape index (κ2) is 10.2. The van der Waals surface area contributed by atoms with Gasteiger partial charge in [0.25, 0.3) is 5.91 Å². The van der Waals surface area contributed by atoms with Gasteiger partial charge in [-0.1, -0.05) is 6.07 Å². The van der Waals surface area contributed by atoms with Crippen LogP contribution in [0.15, 0.2) is 18.2 Å². The molecule has 2 aliphatic rings. The van der Waals surface area contributed by atoms with E-state index in [0.29, 0.717) is 30.9 Å². The SMILES string of the molecule is Cc1ccc(C(=O)N2CCSCC2)cc1NC(=O)CC1COCCN1.Cl. The Balaban J connectivity index is 0.00000243. The fraction of sp³-hybridized carbons (Fsp3) is 0.556. The van der Waals surface area contributed by atoms with Crippen molar-refractivity contribution in [3.8, 4) is 0 Å². The van der Waals surface area contributed by atoms with Crippen LogP contribution in [0.3, 0.4) is 0 Å². The van der Waals surface area contributed by atoms with E-state index in [-0.39, 0.29) is 30.3 Å². The maximum atomic E-state index is 12.6. The van der Waals surface area contributed by atoms with E-state index in [1.807, 2.05) is 35.7 Å². The third-order valence-electron chi connectivity index (χ3n) is 4.49. The molecule has 0 bridgehead atoms. The zero-order valence-corrected chi connectivity index (χ0v) is 16.6. The monoisotopic (exact) mass is 399 g/mol. The second-order valence-electron chi connectivity index (χ2n) is 6.41. The fourth-order valence-electron chi connectivity index (χ4n) is 3.01. The average molecular weight is 400 g/mol. The highest BCUT2D eigenvalue weighted by atomic mass is 35.5. The van der Waals surface area contributed by atoms with Crippen LogP contribution in [0.4, 0.5) is 5.69 Å². The van der Waals surface area contributed by atoms with Crippen molar-refractivity contribution >= 4 is 41.7 Å². The van der Waals surface area contributed by atoms with E-state index in [1.165, 1.54) is 0 Å². The fourth-order valence-corrected chi connectivity index (χ4v) is 3.92. The van der Waals surface area contributed by atoms with Gasteiger partial charge in [-0.3, -0.25) is 9.59 Å². The van der Waals surface area contributed by atoms with Crippen LogP contribution in [0.2, 0.25) is 0 Å². The van der Waals surface area contributed by atoms with Crippen LogP contribution in [-0.4, -0.2) is 67.1 Å². The van der Waals surface area contributed by atoms with E-state index < -0.39 is 0 Å². The van der Waals surface area contributed by atoms with Gasteiger partial charge >= 0.3 is 0 Å². The first-order valence-electron chi connectivity index (χ1n) is 8.72. The quantitative estimate of drug-likeness (QED) is 0.809. The summed E-state index contributed by atoms with van der Waals surface area (Å²) in [6, 6.07) is 5.57. The van der Waals surface area contributed by atoms with Crippen molar-refractivity contribution < 1.29 is 14.3 Å². The summed E-state index contributed by atoms with van der Waals surface area (Å²) in [4.78, 5) is 26.8. The van der Waals surface area contributed by atoms with E-state index in [2.05, 4.69) is 10.6 Å². The molecule has 0 aromatic heterocycles. The third kappa shape index (κ3) is 5.61. The molecule has 2 fully saturated rings. The smallest absolute Gasteiger partial charge is 0.253 e. The lowest BCUT2D eigenvalue weighted by atomic mass is 10.1. The van der Waals surface area contributed by atoms with Gasteiger partial charge in [0.2, 0.25) is 5.91 Å². The Labute approximate surface area is 164 Å². The number of benzene rings is 1. The second-order valence-corrected chi connectivity index (χ2v) is 7.64. The third-order valence-corrected chi connectivity index (χ3v) is 5.43. The lowest BCUT2D eigenvalue weighted by Crippen LogP contribution is -2.43. The molecule has 1 aromatic carbocycles. The van der Waals surface area contributed by atoms with Crippen LogP contribution in [0.25, 0.3) is 0 Å².